The maximum atomic E-state index is 12.5. The van der Waals surface area contributed by atoms with E-state index in [1.165, 1.54) is 21.7 Å². The number of carbonyl (C=O) groups excluding carboxylic acids is 1. The zero-order chi connectivity index (χ0) is 17.4. The summed E-state index contributed by atoms with van der Waals surface area (Å²) in [5, 5.41) is 0.328. The highest BCUT2D eigenvalue weighted by Crippen LogP contribution is 2.28. The predicted molar refractivity (Wildman–Crippen MR) is 97.2 cm³/mol. The molecule has 0 saturated carbocycles. The fourth-order valence-corrected chi connectivity index (χ4v) is 3.68. The molecule has 6 nitrogen and oxygen atoms in total. The fourth-order valence-electron chi connectivity index (χ4n) is 2.97. The minimum Gasteiger partial charge on any atom is -0.311 e. The van der Waals surface area contributed by atoms with Crippen molar-refractivity contribution in [3.05, 3.63) is 64.2 Å². The number of carbonyl (C=O) groups is 1. The number of anilines is 1. The van der Waals surface area contributed by atoms with Gasteiger partial charge >= 0.3 is 5.69 Å². The second-order valence-electron chi connectivity index (χ2n) is 5.94. The van der Waals surface area contributed by atoms with Crippen LogP contribution in [0.1, 0.15) is 11.1 Å². The van der Waals surface area contributed by atoms with Crippen LogP contribution in [-0.2, 0) is 11.2 Å². The van der Waals surface area contributed by atoms with Crippen LogP contribution in [0, 0.1) is 6.92 Å². The Bertz CT molecular complexity index is 1030. The van der Waals surface area contributed by atoms with Crippen molar-refractivity contribution in [2.45, 2.75) is 18.5 Å². The molecule has 1 aliphatic rings. The van der Waals surface area contributed by atoms with Gasteiger partial charge in [0, 0.05) is 18.4 Å². The minimum atomic E-state index is -0.379. The Labute approximate surface area is 148 Å². The standard InChI is InChI=1S/C18H16N4O2S/c1-12-6-7-15-19-17(20-18(24)22(15)10-12)25-11-16(23)21-9-8-13-4-2-3-5-14(13)21/h2-7,10H,8-9,11H2,1H3. The van der Waals surface area contributed by atoms with E-state index < -0.39 is 0 Å². The summed E-state index contributed by atoms with van der Waals surface area (Å²) in [5.74, 6) is 0.207. The Morgan fingerprint density at radius 2 is 2.04 bits per heavy atom. The first-order valence-corrected chi connectivity index (χ1v) is 8.98. The monoisotopic (exact) mass is 352 g/mol. The molecule has 126 valence electrons. The van der Waals surface area contributed by atoms with Gasteiger partial charge in [-0.3, -0.25) is 9.20 Å². The topological polar surface area (TPSA) is 67.6 Å². The third-order valence-electron chi connectivity index (χ3n) is 4.20. The van der Waals surface area contributed by atoms with Crippen molar-refractivity contribution in [3.8, 4) is 0 Å². The number of para-hydroxylation sites is 1. The zero-order valence-corrected chi connectivity index (χ0v) is 14.5. The number of aromatic nitrogens is 3. The smallest absolute Gasteiger partial charge is 0.311 e. The van der Waals surface area contributed by atoms with Crippen LogP contribution in [0.2, 0.25) is 0 Å². The Morgan fingerprint density at radius 3 is 2.92 bits per heavy atom. The summed E-state index contributed by atoms with van der Waals surface area (Å²) in [6.07, 6.45) is 2.58. The van der Waals surface area contributed by atoms with Crippen molar-refractivity contribution >= 4 is 29.0 Å². The van der Waals surface area contributed by atoms with E-state index in [0.29, 0.717) is 17.3 Å². The van der Waals surface area contributed by atoms with Gasteiger partial charge in [0.15, 0.2) is 5.16 Å². The lowest BCUT2D eigenvalue weighted by atomic mass is 10.2. The highest BCUT2D eigenvalue weighted by molar-refractivity contribution is 7.99. The summed E-state index contributed by atoms with van der Waals surface area (Å²) in [7, 11) is 0. The van der Waals surface area contributed by atoms with E-state index >= 15 is 0 Å². The Morgan fingerprint density at radius 1 is 1.20 bits per heavy atom. The molecule has 0 N–H and O–H groups in total. The van der Waals surface area contributed by atoms with Gasteiger partial charge in [-0.2, -0.15) is 4.98 Å². The minimum absolute atomic E-state index is 0.00246. The molecule has 0 bridgehead atoms. The average molecular weight is 352 g/mol. The number of amides is 1. The Kier molecular flexibility index (Phi) is 4.01. The molecule has 4 rings (SSSR count). The molecular formula is C18H16N4O2S. The number of hydrogen-bond donors (Lipinski definition) is 0. The van der Waals surface area contributed by atoms with Crippen molar-refractivity contribution < 1.29 is 4.79 Å². The lowest BCUT2D eigenvalue weighted by molar-refractivity contribution is -0.116. The van der Waals surface area contributed by atoms with Crippen LogP contribution in [-0.4, -0.2) is 32.6 Å². The van der Waals surface area contributed by atoms with Gasteiger partial charge in [0.1, 0.15) is 5.65 Å². The molecule has 25 heavy (non-hydrogen) atoms. The van der Waals surface area contributed by atoms with Crippen LogP contribution in [0.3, 0.4) is 0 Å². The molecule has 0 atom stereocenters. The highest BCUT2D eigenvalue weighted by Gasteiger charge is 2.24. The second kappa shape index (κ2) is 6.33. The van der Waals surface area contributed by atoms with Crippen LogP contribution in [0.4, 0.5) is 5.69 Å². The first-order chi connectivity index (χ1) is 12.1. The molecule has 0 fully saturated rings. The van der Waals surface area contributed by atoms with Crippen molar-refractivity contribution in [1.82, 2.24) is 14.4 Å². The van der Waals surface area contributed by atoms with Crippen molar-refractivity contribution in [2.75, 3.05) is 17.2 Å². The molecule has 3 aromatic rings. The summed E-state index contributed by atoms with van der Waals surface area (Å²) >= 11 is 1.20. The number of aryl methyl sites for hydroxylation is 1. The molecule has 1 aromatic carbocycles. The predicted octanol–water partition coefficient (Wildman–Crippen LogP) is 2.08. The van der Waals surface area contributed by atoms with Gasteiger partial charge in [0.2, 0.25) is 5.91 Å². The number of benzene rings is 1. The van der Waals surface area contributed by atoms with Gasteiger partial charge < -0.3 is 4.90 Å². The number of nitrogens with zero attached hydrogens (tertiary/aromatic N) is 4. The normalized spacial score (nSPS) is 13.2. The maximum absolute atomic E-state index is 12.5. The van der Waals surface area contributed by atoms with Crippen molar-refractivity contribution in [1.29, 1.82) is 0 Å². The summed E-state index contributed by atoms with van der Waals surface area (Å²) in [4.78, 5) is 34.8. The third kappa shape index (κ3) is 3.02. The average Bonchev–Trinajstić information content (AvgIpc) is 3.04. The van der Waals surface area contributed by atoms with Crippen molar-refractivity contribution in [3.63, 3.8) is 0 Å². The first kappa shape index (κ1) is 15.8. The van der Waals surface area contributed by atoms with Gasteiger partial charge in [-0.25, -0.2) is 9.78 Å². The van der Waals surface area contributed by atoms with Crippen molar-refractivity contribution in [2.24, 2.45) is 0 Å². The summed E-state index contributed by atoms with van der Waals surface area (Å²) in [5.41, 5.74) is 3.28. The van der Waals surface area contributed by atoms with E-state index in [1.807, 2.05) is 37.3 Å². The molecule has 1 amide bonds. The number of fused-ring (bicyclic) bond motifs is 2. The maximum Gasteiger partial charge on any atom is 0.355 e. The number of hydrogen-bond acceptors (Lipinski definition) is 5. The molecule has 3 heterocycles. The molecule has 0 saturated heterocycles. The van der Waals surface area contributed by atoms with Crippen LogP contribution in [0.5, 0.6) is 0 Å². The SMILES string of the molecule is Cc1ccc2nc(SCC(=O)N3CCc4ccccc43)nc(=O)n2c1. The molecule has 0 radical (unpaired) electrons. The lowest BCUT2D eigenvalue weighted by Gasteiger charge is -2.16. The lowest BCUT2D eigenvalue weighted by Crippen LogP contribution is -2.30. The molecule has 7 heteroatoms. The molecular weight excluding hydrogens is 336 g/mol. The third-order valence-corrected chi connectivity index (χ3v) is 5.03. The Balaban J connectivity index is 1.52. The van der Waals surface area contributed by atoms with Crippen LogP contribution in [0.15, 0.2) is 52.5 Å². The van der Waals surface area contributed by atoms with Gasteiger partial charge in [0.25, 0.3) is 0 Å². The van der Waals surface area contributed by atoms with Gasteiger partial charge in [-0.15, -0.1) is 0 Å². The summed E-state index contributed by atoms with van der Waals surface area (Å²) in [6.45, 7) is 2.60. The van der Waals surface area contributed by atoms with Gasteiger partial charge in [-0.05, 0) is 36.6 Å². The number of rotatable bonds is 3. The van der Waals surface area contributed by atoms with Gasteiger partial charge in [-0.1, -0.05) is 36.0 Å². The molecule has 0 spiro atoms. The number of thioether (sulfide) groups is 1. The zero-order valence-electron chi connectivity index (χ0n) is 13.7. The number of pyridine rings is 1. The Hall–Kier alpha value is -2.67. The van der Waals surface area contributed by atoms with Gasteiger partial charge in [0.05, 0.1) is 5.75 Å². The fraction of sp³-hybridized carbons (Fsp3) is 0.222. The summed E-state index contributed by atoms with van der Waals surface area (Å²) < 4.78 is 1.41. The van der Waals surface area contributed by atoms with E-state index in [2.05, 4.69) is 9.97 Å². The highest BCUT2D eigenvalue weighted by atomic mass is 32.2. The van der Waals surface area contributed by atoms with E-state index in [4.69, 9.17) is 0 Å². The quantitative estimate of drug-likeness (QED) is 0.675. The molecule has 2 aromatic heterocycles. The van der Waals surface area contributed by atoms with E-state index in [9.17, 15) is 9.59 Å². The second-order valence-corrected chi connectivity index (χ2v) is 6.88. The molecule has 0 aliphatic carbocycles. The largest absolute Gasteiger partial charge is 0.355 e. The molecule has 1 aliphatic heterocycles. The van der Waals surface area contributed by atoms with E-state index in [1.54, 1.807) is 17.2 Å². The van der Waals surface area contributed by atoms with Crippen LogP contribution < -0.4 is 10.6 Å². The summed E-state index contributed by atoms with van der Waals surface area (Å²) in [6, 6.07) is 11.6. The van der Waals surface area contributed by atoms with Crippen LogP contribution in [0.25, 0.3) is 5.65 Å². The van der Waals surface area contributed by atoms with E-state index in [0.717, 1.165) is 17.7 Å². The van der Waals surface area contributed by atoms with Crippen LogP contribution >= 0.6 is 11.8 Å². The molecule has 0 unspecified atom stereocenters. The van der Waals surface area contributed by atoms with E-state index in [-0.39, 0.29) is 17.3 Å². The first-order valence-electron chi connectivity index (χ1n) is 8.00.